The molecular formula is C73H61Cl5N4O3P2. The average molecular weight is 1280 g/mol. The van der Waals surface area contributed by atoms with Gasteiger partial charge in [-0.3, -0.25) is 0 Å². The van der Waals surface area contributed by atoms with Gasteiger partial charge in [-0.2, -0.15) is 0 Å². The Morgan fingerprint density at radius 2 is 0.839 bits per heavy atom. The fourth-order valence-electron chi connectivity index (χ4n) is 10.2. The van der Waals surface area contributed by atoms with E-state index in [1.54, 1.807) is 20.3 Å². The second kappa shape index (κ2) is 29.5. The highest BCUT2D eigenvalue weighted by Gasteiger charge is 2.39. The van der Waals surface area contributed by atoms with Crippen LogP contribution in [0.2, 0.25) is 25.2 Å². The van der Waals surface area contributed by atoms with Gasteiger partial charge in [0.05, 0.1) is 24.3 Å². The third-order valence-corrected chi connectivity index (χ3v) is 20.8. The standard InChI is InChI=1S/C39H32OP2.C17H14Cl2N2O.C10H7Cl2NO.C7H8ClN/c1-39(2)33-25-15-27-35(41(29-17-7-3-8-18-29)30-19-9-4-10-20-30)37(33)40-38-34(39)26-16-28-36(38)42(31-21-11-5-12-22-31)32-23-13-6-14-24-32;1-22-15-4-2-3-13-14(19)9-16(21-17(13)15)20-10-11-5-7-12(18)8-6-11;1-14-8-4-2-3-6-7(11)5-9(12)13-10(6)8;8-7-3-1-6(5-9)2-4-7/h3-28H,1-2H3;2-9H,10H2,1H3,(H,20,21);2-5H,1H3;1-4H,5,9H2. The van der Waals surface area contributed by atoms with Crippen LogP contribution in [0.5, 0.6) is 23.0 Å². The molecule has 0 unspecified atom stereocenters. The lowest BCUT2D eigenvalue weighted by atomic mass is 9.76. The molecule has 0 radical (unpaired) electrons. The molecule has 2 aromatic heterocycles. The molecule has 0 saturated carbocycles. The Kier molecular flexibility index (Phi) is 21.2. The number of methoxy groups -OCH3 is 2. The molecule has 12 aromatic rings. The van der Waals surface area contributed by atoms with E-state index in [2.05, 4.69) is 187 Å². The van der Waals surface area contributed by atoms with Crippen molar-refractivity contribution in [2.24, 2.45) is 5.73 Å². The zero-order valence-corrected chi connectivity index (χ0v) is 53.7. The van der Waals surface area contributed by atoms with Gasteiger partial charge in [-0.05, 0) is 96.7 Å². The monoisotopic (exact) mass is 1280 g/mol. The predicted octanol–water partition coefficient (Wildman–Crippen LogP) is 18.1. The van der Waals surface area contributed by atoms with Crippen LogP contribution < -0.4 is 57.1 Å². The van der Waals surface area contributed by atoms with Crippen molar-refractivity contribution in [3.05, 3.63) is 302 Å². The van der Waals surface area contributed by atoms with E-state index in [1.807, 2.05) is 91.0 Å². The van der Waals surface area contributed by atoms with Crippen molar-refractivity contribution in [2.75, 3.05) is 19.5 Å². The second-order valence-electron chi connectivity index (χ2n) is 20.5. The number of rotatable bonds is 12. The number of fused-ring (bicyclic) bond motifs is 4. The summed E-state index contributed by atoms with van der Waals surface area (Å²) in [5.74, 6) is 4.10. The summed E-state index contributed by atoms with van der Waals surface area (Å²) < 4.78 is 17.8. The number of aromatic nitrogens is 2. The van der Waals surface area contributed by atoms with Crippen LogP contribution in [0.4, 0.5) is 5.82 Å². The number of nitrogens with two attached hydrogens (primary N) is 1. The largest absolute Gasteiger partial charge is 0.494 e. The van der Waals surface area contributed by atoms with E-state index < -0.39 is 15.8 Å². The van der Waals surface area contributed by atoms with Gasteiger partial charge in [-0.25, -0.2) is 9.97 Å². The van der Waals surface area contributed by atoms with Gasteiger partial charge in [0, 0.05) is 61.1 Å². The summed E-state index contributed by atoms with van der Waals surface area (Å²) in [6.07, 6.45) is 0. The zero-order chi connectivity index (χ0) is 60.9. The van der Waals surface area contributed by atoms with Crippen molar-refractivity contribution in [3.63, 3.8) is 0 Å². The van der Waals surface area contributed by atoms with Crippen LogP contribution in [0.3, 0.4) is 0 Å². The van der Waals surface area contributed by atoms with Gasteiger partial charge < -0.3 is 25.3 Å². The van der Waals surface area contributed by atoms with Crippen LogP contribution in [-0.2, 0) is 18.5 Å². The first-order valence-electron chi connectivity index (χ1n) is 27.9. The van der Waals surface area contributed by atoms with Crippen LogP contribution in [0, 0.1) is 0 Å². The molecule has 0 spiro atoms. The van der Waals surface area contributed by atoms with Crippen molar-refractivity contribution < 1.29 is 14.2 Å². The van der Waals surface area contributed by atoms with E-state index in [4.69, 9.17) is 77.9 Å². The van der Waals surface area contributed by atoms with E-state index in [0.717, 1.165) is 49.0 Å². The van der Waals surface area contributed by atoms with Crippen LogP contribution in [0.25, 0.3) is 21.8 Å². The first kappa shape index (κ1) is 62.5. The molecular weight excluding hydrogens is 1220 g/mol. The van der Waals surface area contributed by atoms with E-state index >= 15 is 0 Å². The lowest BCUT2D eigenvalue weighted by Gasteiger charge is -2.38. The Bertz CT molecular complexity index is 4040. The molecule has 0 aliphatic carbocycles. The second-order valence-corrected chi connectivity index (χ2v) is 26.9. The third kappa shape index (κ3) is 14.9. The Morgan fingerprint density at radius 3 is 1.25 bits per heavy atom. The highest BCUT2D eigenvalue weighted by Crippen LogP contribution is 2.52. The van der Waals surface area contributed by atoms with Crippen LogP contribution in [0.1, 0.15) is 36.1 Å². The molecule has 87 heavy (non-hydrogen) atoms. The summed E-state index contributed by atoms with van der Waals surface area (Å²) in [7, 11) is 1.56. The van der Waals surface area contributed by atoms with E-state index in [1.165, 1.54) is 43.0 Å². The summed E-state index contributed by atoms with van der Waals surface area (Å²) in [5, 5.41) is 15.9. The van der Waals surface area contributed by atoms with Gasteiger partial charge in [0.25, 0.3) is 0 Å². The zero-order valence-electron chi connectivity index (χ0n) is 48.1. The number of pyridine rings is 2. The first-order valence-corrected chi connectivity index (χ1v) is 32.5. The maximum absolute atomic E-state index is 7.26. The van der Waals surface area contributed by atoms with Crippen LogP contribution in [0.15, 0.2) is 255 Å². The molecule has 1 aliphatic heterocycles. The van der Waals surface area contributed by atoms with Crippen LogP contribution >= 0.6 is 73.8 Å². The summed E-state index contributed by atoms with van der Waals surface area (Å²) in [5.41, 5.74) is 11.3. The Labute approximate surface area is 536 Å². The molecule has 3 heterocycles. The molecule has 3 N–H and O–H groups in total. The van der Waals surface area contributed by atoms with Gasteiger partial charge in [0.15, 0.2) is 0 Å². The number of halogens is 5. The average Bonchev–Trinajstić information content (AvgIpc) is 1.72. The number of benzene rings is 10. The fourth-order valence-corrected chi connectivity index (χ4v) is 16.0. The normalized spacial score (nSPS) is 11.8. The minimum absolute atomic E-state index is 0.225. The summed E-state index contributed by atoms with van der Waals surface area (Å²) in [4.78, 5) is 8.76. The number of hydrogen-bond donors (Lipinski definition) is 2. The lowest BCUT2D eigenvalue weighted by molar-refractivity contribution is 0.419. The quantitative estimate of drug-likeness (QED) is 0.0930. The number of hydrogen-bond acceptors (Lipinski definition) is 7. The number of nitrogens with one attached hydrogen (secondary N) is 1. The third-order valence-electron chi connectivity index (χ3n) is 14.5. The van der Waals surface area contributed by atoms with Crippen molar-refractivity contribution >= 4 is 133 Å². The maximum atomic E-state index is 7.26. The highest BCUT2D eigenvalue weighted by atomic mass is 35.5. The van der Waals surface area contributed by atoms with E-state index in [-0.39, 0.29) is 5.41 Å². The molecule has 1 aliphatic rings. The molecule has 10 aromatic carbocycles. The van der Waals surface area contributed by atoms with Crippen molar-refractivity contribution in [2.45, 2.75) is 32.4 Å². The number of ether oxygens (including phenoxy) is 3. The van der Waals surface area contributed by atoms with Gasteiger partial charge in [0.1, 0.15) is 45.0 Å². The SMILES string of the molecule is CC1(C)c2cccc(P(c3ccccc3)c3ccccc3)c2Oc2c(P(c3ccccc3)c3ccccc3)cccc21.COc1cccc2c(Cl)cc(Cl)nc12.COc1cccc2c(Cl)cc(NCc3ccc(Cl)cc3)nc12.NCc1ccc(Cl)cc1. The summed E-state index contributed by atoms with van der Waals surface area (Å²) in [6.45, 7) is 5.92. The Balaban J connectivity index is 0.000000153. The lowest BCUT2D eigenvalue weighted by Crippen LogP contribution is -2.32. The minimum atomic E-state index is -0.824. The molecule has 0 saturated heterocycles. The molecule has 0 amide bonds. The van der Waals surface area contributed by atoms with Crippen molar-refractivity contribution in [1.29, 1.82) is 0 Å². The molecule has 0 bridgehead atoms. The molecule has 14 heteroatoms. The summed E-state index contributed by atoms with van der Waals surface area (Å²) >= 11 is 29.7. The maximum Gasteiger partial charge on any atom is 0.145 e. The van der Waals surface area contributed by atoms with Gasteiger partial charge >= 0.3 is 0 Å². The minimum Gasteiger partial charge on any atom is -0.494 e. The van der Waals surface area contributed by atoms with Gasteiger partial charge in [-0.15, -0.1) is 0 Å². The highest BCUT2D eigenvalue weighted by molar-refractivity contribution is 7.80. The predicted molar refractivity (Wildman–Crippen MR) is 372 cm³/mol. The molecule has 0 fully saturated rings. The first-order chi connectivity index (χ1) is 42.3. The Hall–Kier alpha value is -7.51. The summed E-state index contributed by atoms with van der Waals surface area (Å²) in [6, 6.07) is 87.0. The van der Waals surface area contributed by atoms with E-state index in [9.17, 15) is 0 Å². The molecule has 7 nitrogen and oxygen atoms in total. The number of anilines is 1. The Morgan fingerprint density at radius 1 is 0.448 bits per heavy atom. The topological polar surface area (TPSA) is 91.5 Å². The number of nitrogens with zero attached hydrogens (tertiary/aromatic N) is 2. The van der Waals surface area contributed by atoms with E-state index in [0.29, 0.717) is 51.1 Å². The smallest absolute Gasteiger partial charge is 0.145 e. The van der Waals surface area contributed by atoms with Crippen molar-refractivity contribution in [3.8, 4) is 23.0 Å². The van der Waals surface area contributed by atoms with Crippen LogP contribution in [-0.4, -0.2) is 24.2 Å². The fraction of sp³-hybridized carbons (Fsp3) is 0.0959. The molecule has 13 rings (SSSR count). The molecule has 0 atom stereocenters. The van der Waals surface area contributed by atoms with Crippen molar-refractivity contribution in [1.82, 2.24) is 9.97 Å². The van der Waals surface area contributed by atoms with Gasteiger partial charge in [-0.1, -0.05) is 278 Å². The van der Waals surface area contributed by atoms with Gasteiger partial charge in [0.2, 0.25) is 0 Å². The molecule has 436 valence electrons. The number of para-hydroxylation sites is 4.